The van der Waals surface area contributed by atoms with Gasteiger partial charge in [-0.25, -0.2) is 9.50 Å². The van der Waals surface area contributed by atoms with Crippen molar-refractivity contribution in [1.82, 2.24) is 14.6 Å². The number of nitrogens with zero attached hydrogens (tertiary/aromatic N) is 2. The van der Waals surface area contributed by atoms with Crippen LogP contribution in [0.4, 0.5) is 0 Å². The number of aromatic amines is 1. The lowest BCUT2D eigenvalue weighted by Crippen LogP contribution is -2.19. The zero-order valence-electron chi connectivity index (χ0n) is 15.2. The van der Waals surface area contributed by atoms with Crippen molar-refractivity contribution in [1.29, 1.82) is 0 Å². The highest BCUT2D eigenvalue weighted by molar-refractivity contribution is 6.36. The Morgan fingerprint density at radius 2 is 1.86 bits per heavy atom. The van der Waals surface area contributed by atoms with Crippen molar-refractivity contribution in [2.24, 2.45) is 0 Å². The molecule has 0 saturated heterocycles. The molecule has 0 atom stereocenters. The summed E-state index contributed by atoms with van der Waals surface area (Å²) in [5.41, 5.74) is 5.46. The van der Waals surface area contributed by atoms with E-state index in [1.807, 2.05) is 49.4 Å². The number of halogens is 2. The Balaban J connectivity index is 1.87. The van der Waals surface area contributed by atoms with Crippen LogP contribution >= 0.6 is 23.2 Å². The van der Waals surface area contributed by atoms with Gasteiger partial charge in [-0.15, -0.1) is 0 Å². The van der Waals surface area contributed by atoms with Gasteiger partial charge in [0.1, 0.15) is 0 Å². The molecule has 0 radical (unpaired) electrons. The summed E-state index contributed by atoms with van der Waals surface area (Å²) in [6.45, 7) is 1.82. The molecule has 1 aliphatic carbocycles. The molecule has 2 heterocycles. The van der Waals surface area contributed by atoms with Gasteiger partial charge in [0.15, 0.2) is 5.65 Å². The quantitative estimate of drug-likeness (QED) is 0.461. The van der Waals surface area contributed by atoms with E-state index >= 15 is 0 Å². The molecule has 1 fully saturated rings. The van der Waals surface area contributed by atoms with Crippen LogP contribution in [0.25, 0.3) is 28.0 Å². The third-order valence-electron chi connectivity index (χ3n) is 5.27. The van der Waals surface area contributed by atoms with E-state index in [0.29, 0.717) is 32.9 Å². The molecule has 4 aromatic rings. The van der Waals surface area contributed by atoms with Gasteiger partial charge in [-0.05, 0) is 31.9 Å². The van der Waals surface area contributed by atoms with Crippen molar-refractivity contribution in [3.8, 4) is 22.4 Å². The molecular weight excluding hydrogens is 393 g/mol. The second-order valence-corrected chi connectivity index (χ2v) is 8.06. The van der Waals surface area contributed by atoms with E-state index in [4.69, 9.17) is 28.2 Å². The number of hydrogen-bond acceptors (Lipinski definition) is 2. The van der Waals surface area contributed by atoms with Crippen molar-refractivity contribution < 1.29 is 0 Å². The van der Waals surface area contributed by atoms with Crippen LogP contribution in [0.2, 0.25) is 10.0 Å². The molecule has 5 rings (SSSR count). The zero-order valence-corrected chi connectivity index (χ0v) is 16.7. The summed E-state index contributed by atoms with van der Waals surface area (Å²) in [6.07, 6.45) is 2.18. The summed E-state index contributed by atoms with van der Waals surface area (Å²) in [6, 6.07) is 15.2. The highest BCUT2D eigenvalue weighted by Crippen LogP contribution is 2.46. The van der Waals surface area contributed by atoms with Gasteiger partial charge in [0.05, 0.1) is 10.7 Å². The van der Waals surface area contributed by atoms with Crippen LogP contribution < -0.4 is 5.56 Å². The smallest absolute Gasteiger partial charge is 0.276 e. The maximum Gasteiger partial charge on any atom is 0.276 e. The normalized spacial score (nSPS) is 14.0. The summed E-state index contributed by atoms with van der Waals surface area (Å²) < 4.78 is 1.55. The van der Waals surface area contributed by atoms with Crippen LogP contribution in [0.15, 0.2) is 53.3 Å². The molecule has 0 amide bonds. The molecule has 0 unspecified atom stereocenters. The lowest BCUT2D eigenvalue weighted by molar-refractivity contribution is 0.846. The highest BCUT2D eigenvalue weighted by atomic mass is 35.5. The SMILES string of the molecule is Cc1c(-c2ccccc2)nc2c(-c3ccc(Cl)cc3Cl)c(C3CC3)[nH]n2c1=O. The van der Waals surface area contributed by atoms with Gasteiger partial charge in [0.2, 0.25) is 0 Å². The number of aromatic nitrogens is 3. The summed E-state index contributed by atoms with van der Waals surface area (Å²) in [4.78, 5) is 18.1. The molecule has 140 valence electrons. The largest absolute Gasteiger partial charge is 0.293 e. The van der Waals surface area contributed by atoms with Crippen molar-refractivity contribution in [3.63, 3.8) is 0 Å². The minimum atomic E-state index is -0.0953. The predicted octanol–water partition coefficient (Wildman–Crippen LogP) is 5.85. The van der Waals surface area contributed by atoms with Gasteiger partial charge >= 0.3 is 0 Å². The van der Waals surface area contributed by atoms with Crippen LogP contribution in [0.3, 0.4) is 0 Å². The lowest BCUT2D eigenvalue weighted by atomic mass is 10.0. The molecule has 1 saturated carbocycles. The Labute approximate surface area is 171 Å². The maximum absolute atomic E-state index is 13.1. The summed E-state index contributed by atoms with van der Waals surface area (Å²) in [7, 11) is 0. The Kier molecular flexibility index (Phi) is 4.07. The lowest BCUT2D eigenvalue weighted by Gasteiger charge is -2.08. The Morgan fingerprint density at radius 1 is 1.11 bits per heavy atom. The predicted molar refractivity (Wildman–Crippen MR) is 113 cm³/mol. The number of rotatable bonds is 3. The van der Waals surface area contributed by atoms with Gasteiger partial charge in [0, 0.05) is 38.9 Å². The van der Waals surface area contributed by atoms with E-state index in [-0.39, 0.29) is 5.56 Å². The van der Waals surface area contributed by atoms with Crippen LogP contribution in [0, 0.1) is 6.92 Å². The standard InChI is InChI=1S/C22H17Cl2N3O/c1-12-19(13-5-3-2-4-6-13)25-21-18(16-10-9-15(23)11-17(16)24)20(14-7-8-14)26-27(21)22(12)28/h2-6,9-11,14,26H,7-8H2,1H3. The third-order valence-corrected chi connectivity index (χ3v) is 5.81. The molecule has 6 heteroatoms. The molecule has 0 bridgehead atoms. The fourth-order valence-corrected chi connectivity index (χ4v) is 4.18. The molecule has 0 aliphatic heterocycles. The fraction of sp³-hybridized carbons (Fsp3) is 0.182. The monoisotopic (exact) mass is 409 g/mol. The number of H-pyrrole nitrogens is 1. The first-order valence-corrected chi connectivity index (χ1v) is 9.96. The number of fused-ring (bicyclic) bond motifs is 1. The number of hydrogen-bond donors (Lipinski definition) is 1. The van der Waals surface area contributed by atoms with E-state index in [1.165, 1.54) is 0 Å². The van der Waals surface area contributed by atoms with Crippen molar-refractivity contribution >= 4 is 28.8 Å². The van der Waals surface area contributed by atoms with Crippen molar-refractivity contribution in [3.05, 3.63) is 80.2 Å². The Morgan fingerprint density at radius 3 is 2.54 bits per heavy atom. The average Bonchev–Trinajstić information content (AvgIpc) is 3.47. The van der Waals surface area contributed by atoms with Gasteiger partial charge in [-0.2, -0.15) is 0 Å². The van der Waals surface area contributed by atoms with E-state index in [2.05, 4.69) is 5.10 Å². The first-order valence-electron chi connectivity index (χ1n) is 9.20. The van der Waals surface area contributed by atoms with Gasteiger partial charge in [-0.1, -0.05) is 59.6 Å². The van der Waals surface area contributed by atoms with Crippen molar-refractivity contribution in [2.75, 3.05) is 0 Å². The molecule has 2 aromatic heterocycles. The van der Waals surface area contributed by atoms with Gasteiger partial charge in [0.25, 0.3) is 5.56 Å². The summed E-state index contributed by atoms with van der Waals surface area (Å²) in [5.74, 6) is 0.392. The second kappa shape index (κ2) is 6.50. The molecule has 2 aromatic carbocycles. The van der Waals surface area contributed by atoms with E-state index < -0.39 is 0 Å². The topological polar surface area (TPSA) is 50.2 Å². The minimum absolute atomic E-state index is 0.0953. The van der Waals surface area contributed by atoms with Crippen molar-refractivity contribution in [2.45, 2.75) is 25.7 Å². The summed E-state index contributed by atoms with van der Waals surface area (Å²) >= 11 is 12.6. The first-order chi connectivity index (χ1) is 13.5. The minimum Gasteiger partial charge on any atom is -0.293 e. The van der Waals surface area contributed by atoms with Crippen LogP contribution in [0.5, 0.6) is 0 Å². The second-order valence-electron chi connectivity index (χ2n) is 7.21. The van der Waals surface area contributed by atoms with Crippen LogP contribution in [-0.4, -0.2) is 14.6 Å². The van der Waals surface area contributed by atoms with Crippen LogP contribution in [0.1, 0.15) is 30.0 Å². The highest BCUT2D eigenvalue weighted by Gasteiger charge is 2.32. The molecule has 1 aliphatic rings. The molecule has 28 heavy (non-hydrogen) atoms. The number of nitrogens with one attached hydrogen (secondary N) is 1. The van der Waals surface area contributed by atoms with Gasteiger partial charge in [-0.3, -0.25) is 9.89 Å². The zero-order chi connectivity index (χ0) is 19.4. The molecule has 0 spiro atoms. The maximum atomic E-state index is 13.1. The average molecular weight is 410 g/mol. The molecule has 4 nitrogen and oxygen atoms in total. The van der Waals surface area contributed by atoms with E-state index in [0.717, 1.165) is 35.2 Å². The Hall–Kier alpha value is -2.56. The molecular formula is C22H17Cl2N3O. The molecule has 1 N–H and O–H groups in total. The van der Waals surface area contributed by atoms with E-state index in [9.17, 15) is 4.79 Å². The van der Waals surface area contributed by atoms with Crippen LogP contribution in [-0.2, 0) is 0 Å². The summed E-state index contributed by atoms with van der Waals surface area (Å²) in [5, 5.41) is 4.43. The fourth-order valence-electron chi connectivity index (χ4n) is 3.68. The van der Waals surface area contributed by atoms with Gasteiger partial charge < -0.3 is 0 Å². The first kappa shape index (κ1) is 17.5. The van der Waals surface area contributed by atoms with E-state index in [1.54, 1.807) is 10.6 Å². The number of benzene rings is 2. The third kappa shape index (κ3) is 2.76. The Bertz CT molecular complexity index is 1270.